The Morgan fingerprint density at radius 2 is 1.45 bits per heavy atom. The summed E-state index contributed by atoms with van der Waals surface area (Å²) in [6.45, 7) is 22.1. The topological polar surface area (TPSA) is 326 Å². The number of halogens is 1. The molecule has 115 heavy (non-hydrogen) atoms. The molecule has 28 heteroatoms. The third-order valence-corrected chi connectivity index (χ3v) is 25.3. The summed E-state index contributed by atoms with van der Waals surface area (Å²) >= 11 is 17.0. The maximum atomic E-state index is 12.9. The van der Waals surface area contributed by atoms with E-state index in [9.17, 15) is 48.9 Å². The second-order valence-electron chi connectivity index (χ2n) is 30.7. The van der Waals surface area contributed by atoms with Crippen LogP contribution in [-0.4, -0.2) is 97.1 Å². The van der Waals surface area contributed by atoms with Crippen LogP contribution in [0.1, 0.15) is 201 Å². The molecule has 0 radical (unpaired) electrons. The molecule has 3 aliphatic heterocycles. The number of carboxylic acids is 2. The number of aliphatic carboxylic acids is 2. The zero-order valence-corrected chi connectivity index (χ0v) is 70.9. The lowest BCUT2D eigenvalue weighted by Crippen LogP contribution is -2.34. The van der Waals surface area contributed by atoms with Crippen molar-refractivity contribution in [2.45, 2.75) is 182 Å². The van der Waals surface area contributed by atoms with Crippen LogP contribution in [0.4, 0.5) is 25.8 Å². The number of methoxy groups -OCH3 is 1. The number of hydrogen-bond acceptors (Lipinski definition) is 22. The van der Waals surface area contributed by atoms with Gasteiger partial charge in [-0.05, 0) is 162 Å². The van der Waals surface area contributed by atoms with Gasteiger partial charge >= 0.3 is 29.8 Å². The molecular formula is C87H101ClN8O14S5. The van der Waals surface area contributed by atoms with Crippen LogP contribution in [-0.2, 0) is 59.1 Å². The predicted octanol–water partition coefficient (Wildman–Crippen LogP) is 20.7. The zero-order chi connectivity index (χ0) is 82.8. The summed E-state index contributed by atoms with van der Waals surface area (Å²) in [5.74, 6) is -3.92. The van der Waals surface area contributed by atoms with Gasteiger partial charge in [-0.3, -0.25) is 29.4 Å². The van der Waals surface area contributed by atoms with Crippen LogP contribution >= 0.6 is 69.2 Å². The van der Waals surface area contributed by atoms with Gasteiger partial charge in [-0.1, -0.05) is 157 Å². The fraction of sp³-hybridized carbons (Fsp3) is 0.402. The second-order valence-corrected chi connectivity index (χ2v) is 36.0. The summed E-state index contributed by atoms with van der Waals surface area (Å²) in [4.78, 5) is 92.9. The largest absolute Gasteiger partial charge is 0.504 e. The number of hydrogen-bond donors (Lipinski definition) is 10. The normalized spacial score (nSPS) is 18.1. The standard InChI is InChI=1S/C22H22ClNO5S.C19H14N2O2S.C19H27NO4S.C17H24N2OS.C10H14N2O2S/c1-3-29-22(28)18-17(13-8-10-14(23)11-9-13)12(2)30-20(18)24-19(25)15-6-4-5-7-16(15)21(26)27;22-17-9-8-13(10-18(17)23)16-11-24-19(21-16)20-15-7-3-5-12-4-1-2-6-14(12)15;1-11(6-9-15(21)22)20-17-16(18(23)24-5)13-8-7-12(19(2,3)4)10-14(13)25-17;1-12-18-16(20)15-13-10-8-6-4-2-3-5-7-9-11-14(13)21-17(15)19-12;1-10(2)5-6(9(13)14-10)3-7-4-8(15)12-11-7/h4-5,8-11,15-16H,3,6-7H2,1-2H3,(H,24,25)(H,26,27);1-11,22-23H,(H,20,21);12,20H,1,6-10H2,2-5H3,(H,21,22);19H,1-11H2,(H,18,20);6H,3-5H2,1-2H3,(H,12,15). The highest BCUT2D eigenvalue weighted by Crippen LogP contribution is 2.47. The monoisotopic (exact) mass is 1680 g/mol. The number of allylic oxidation sites excluding steroid dienone is 3. The van der Waals surface area contributed by atoms with Gasteiger partial charge in [-0.2, -0.15) is 5.10 Å². The predicted molar refractivity (Wildman–Crippen MR) is 465 cm³/mol. The third-order valence-electron chi connectivity index (χ3n) is 20.7. The molecular weight excluding hydrogens is 1580 g/mol. The third kappa shape index (κ3) is 23.5. The van der Waals surface area contributed by atoms with Crippen molar-refractivity contribution in [1.82, 2.24) is 15.7 Å². The number of rotatable bonds is 17. The van der Waals surface area contributed by atoms with Crippen molar-refractivity contribution in [2.24, 2.45) is 34.2 Å². The molecule has 1 fully saturated rings. The summed E-state index contributed by atoms with van der Waals surface area (Å²) in [5.41, 5.74) is 12.3. The number of benzene rings is 4. The van der Waals surface area contributed by atoms with E-state index in [0.717, 1.165) is 108 Å². The lowest BCUT2D eigenvalue weighted by Gasteiger charge is -2.33. The van der Waals surface area contributed by atoms with Crippen LogP contribution in [0.15, 0.2) is 132 Å². The molecule has 2 amide bonds. The van der Waals surface area contributed by atoms with Crippen molar-refractivity contribution < 1.29 is 68.2 Å². The Balaban J connectivity index is 0.000000154. The molecule has 0 saturated carbocycles. The number of cyclic esters (lactones) is 1. The Morgan fingerprint density at radius 1 is 0.774 bits per heavy atom. The number of anilines is 5. The van der Waals surface area contributed by atoms with Gasteiger partial charge in [-0.15, -0.1) is 45.3 Å². The van der Waals surface area contributed by atoms with Gasteiger partial charge in [0.2, 0.25) is 5.91 Å². The van der Waals surface area contributed by atoms with Gasteiger partial charge in [0.25, 0.3) is 5.91 Å². The molecule has 3 aliphatic carbocycles. The first kappa shape index (κ1) is 87.6. The molecule has 7 heterocycles. The van der Waals surface area contributed by atoms with Gasteiger partial charge < -0.3 is 61.2 Å². The number of phenols is 2. The minimum atomic E-state index is -1.01. The van der Waals surface area contributed by atoms with Crippen molar-refractivity contribution in [3.05, 3.63) is 175 Å². The summed E-state index contributed by atoms with van der Waals surface area (Å²) in [6, 6.07) is 26.1. The molecule has 10 N–H and O–H groups in total. The van der Waals surface area contributed by atoms with Crippen LogP contribution < -0.4 is 32.0 Å². The quantitative estimate of drug-likeness (QED) is 0.0133. The van der Waals surface area contributed by atoms with Crippen LogP contribution in [0, 0.1) is 36.0 Å². The molecule has 1 saturated heterocycles. The lowest BCUT2D eigenvalue weighted by atomic mass is 9.72. The Labute approximate surface area is 697 Å². The minimum Gasteiger partial charge on any atom is -0.504 e. The summed E-state index contributed by atoms with van der Waals surface area (Å²) in [6.07, 6.45) is 22.2. The number of carboxylic acid groups (broad SMARTS) is 2. The van der Waals surface area contributed by atoms with E-state index >= 15 is 0 Å². The van der Waals surface area contributed by atoms with Crippen LogP contribution in [0.5, 0.6) is 11.5 Å². The summed E-state index contributed by atoms with van der Waals surface area (Å²) < 4.78 is 15.5. The van der Waals surface area contributed by atoms with Crippen LogP contribution in [0.2, 0.25) is 5.02 Å². The molecule has 610 valence electrons. The Bertz CT molecular complexity index is 4980. The van der Waals surface area contributed by atoms with Gasteiger partial charge in [-0.25, -0.2) is 14.6 Å². The lowest BCUT2D eigenvalue weighted by molar-refractivity contribution is -0.148. The number of thiophene rings is 3. The number of fused-ring (bicyclic) bond motifs is 5. The molecule has 0 bridgehead atoms. The number of carbonyl (C=O) groups is 7. The highest BCUT2D eigenvalue weighted by Gasteiger charge is 2.42. The van der Waals surface area contributed by atoms with Crippen LogP contribution in [0.3, 0.4) is 0 Å². The fourth-order valence-electron chi connectivity index (χ4n) is 14.7. The Morgan fingerprint density at radius 3 is 2.10 bits per heavy atom. The number of nitrogens with zero attached hydrogens (tertiary/aromatic N) is 2. The van der Waals surface area contributed by atoms with Crippen molar-refractivity contribution in [3.8, 4) is 33.9 Å². The molecule has 4 atom stereocenters. The molecule has 4 aromatic carbocycles. The minimum absolute atomic E-state index is 0.0105. The number of hydrazone groups is 1. The Hall–Kier alpha value is -9.77. The number of aryl methyl sites for hydroxylation is 2. The van der Waals surface area contributed by atoms with E-state index in [2.05, 4.69) is 94.2 Å². The molecule has 4 unspecified atom stereocenters. The molecule has 22 nitrogen and oxygen atoms in total. The zero-order valence-electron chi connectivity index (χ0n) is 66.1. The number of esters is 3. The highest BCUT2D eigenvalue weighted by molar-refractivity contribution is 7.80. The Kier molecular flexibility index (Phi) is 30.6. The van der Waals surface area contributed by atoms with Gasteiger partial charge in [0.15, 0.2) is 16.6 Å². The molecule has 0 spiro atoms. The highest BCUT2D eigenvalue weighted by atomic mass is 35.5. The number of thiocarbonyl (C=S) groups is 1. The summed E-state index contributed by atoms with van der Waals surface area (Å²) in [7, 11) is 1.39. The van der Waals surface area contributed by atoms with Gasteiger partial charge in [0.05, 0.1) is 54.7 Å². The number of aromatic nitrogens is 1. The van der Waals surface area contributed by atoms with E-state index < -0.39 is 35.7 Å². The van der Waals surface area contributed by atoms with E-state index in [4.69, 9.17) is 43.1 Å². The van der Waals surface area contributed by atoms with E-state index in [1.54, 1.807) is 66.0 Å². The van der Waals surface area contributed by atoms with E-state index in [1.807, 2.05) is 56.5 Å². The first-order valence-corrected chi connectivity index (χ1v) is 42.9. The van der Waals surface area contributed by atoms with Crippen molar-refractivity contribution in [3.63, 3.8) is 0 Å². The SMILES string of the molecule is C=C(CCC(=O)O)Nc1sc2c(c1C(=O)OC)CCC(C(C)(C)C)C2.C=C1NC(=O)c2c(sc3c2CCCCCCCCCC3)N1.CC1(C)CC(CC2=NNC(=S)C2)C(=O)O1.CCOC(=O)c1c(NC(=O)C2CC=CCC2C(=O)O)sc(C)c1-c1ccc(Cl)cc1.Oc1ccc(-c2csc(Nc3cccc4ccccc34)n2)cc1O. The summed E-state index contributed by atoms with van der Waals surface area (Å²) in [5, 5.41) is 64.4. The van der Waals surface area contributed by atoms with Crippen molar-refractivity contribution in [1.29, 1.82) is 0 Å². The number of aromatic hydroxyl groups is 2. The number of amides is 2. The number of nitrogens with one attached hydrogen (secondary N) is 6. The smallest absolute Gasteiger partial charge is 0.341 e. The van der Waals surface area contributed by atoms with E-state index in [-0.39, 0.29) is 64.9 Å². The molecule has 8 aromatic rings. The van der Waals surface area contributed by atoms with E-state index in [1.165, 1.54) is 114 Å². The number of phenolic OH excluding ortho intramolecular Hbond substituents is 2. The number of carbonyl (C=O) groups excluding carboxylic acids is 5. The first-order chi connectivity index (χ1) is 54.9. The fourth-order valence-corrected chi connectivity index (χ4v) is 19.6. The number of thiazole rings is 1. The van der Waals surface area contributed by atoms with Crippen LogP contribution in [0.25, 0.3) is 33.2 Å². The maximum Gasteiger partial charge on any atom is 0.341 e. The molecule has 6 aliphatic rings. The average Bonchev–Trinajstić information content (AvgIpc) is 1.64. The van der Waals surface area contributed by atoms with Gasteiger partial charge in [0.1, 0.15) is 37.0 Å². The molecule has 14 rings (SSSR count). The molecule has 4 aromatic heterocycles. The van der Waals surface area contributed by atoms with E-state index in [0.29, 0.717) is 70.7 Å². The van der Waals surface area contributed by atoms with Gasteiger partial charge in [0, 0.05) is 77.9 Å². The van der Waals surface area contributed by atoms with Crippen molar-refractivity contribution in [2.75, 3.05) is 35.0 Å². The average molecular weight is 1680 g/mol. The van der Waals surface area contributed by atoms with Crippen molar-refractivity contribution >= 4 is 158 Å². The maximum absolute atomic E-state index is 12.9. The second kappa shape index (κ2) is 40.2. The number of ether oxygens (including phenoxy) is 3. The first-order valence-electron chi connectivity index (χ1n) is 38.7.